The van der Waals surface area contributed by atoms with Gasteiger partial charge >= 0.3 is 5.97 Å². The summed E-state index contributed by atoms with van der Waals surface area (Å²) in [7, 11) is 1.11. The van der Waals surface area contributed by atoms with Gasteiger partial charge in [-0.25, -0.2) is 9.18 Å². The minimum absolute atomic E-state index is 0. The minimum Gasteiger partial charge on any atom is -0.465 e. The number of nitrogens with one attached hydrogen (secondary N) is 1. The number of esters is 1. The van der Waals surface area contributed by atoms with E-state index >= 15 is 4.39 Å². The molecule has 1 spiro atoms. The fourth-order valence-electron chi connectivity index (χ4n) is 6.75. The number of fused-ring (bicyclic) bond motifs is 2. The van der Waals surface area contributed by atoms with Crippen molar-refractivity contribution in [2.75, 3.05) is 19.0 Å². The van der Waals surface area contributed by atoms with Crippen LogP contribution in [0.25, 0.3) is 0 Å². The minimum atomic E-state index is -1.84. The lowest BCUT2D eigenvalue weighted by Crippen LogP contribution is -2.52. The number of carbonyl (C=O) groups excluding carboxylic acids is 2. The van der Waals surface area contributed by atoms with Crippen molar-refractivity contribution in [3.8, 4) is 0 Å². The monoisotopic (exact) mass is 662 g/mol. The number of anilines is 1. The SMILES string of the molecule is C.CCN1[C@@H](CC(O)c2ccc(C(=O)OC)cc2[N+](=O)[O-])[C@@H]([N+](=O)[O-])[C@H](c2cccc(Cl)c2F)[C@]12C(=O)Nc1cc(Cl)ccc12. The van der Waals surface area contributed by atoms with Gasteiger partial charge < -0.3 is 15.2 Å². The molecule has 2 heterocycles. The predicted octanol–water partition coefficient (Wildman–Crippen LogP) is 5.87. The highest BCUT2D eigenvalue weighted by Gasteiger charge is 2.71. The Morgan fingerprint density at radius 3 is 2.51 bits per heavy atom. The fraction of sp³-hybridized carbons (Fsp3) is 0.333. The van der Waals surface area contributed by atoms with Gasteiger partial charge in [0.25, 0.3) is 11.6 Å². The molecule has 1 fully saturated rings. The van der Waals surface area contributed by atoms with Crippen LogP contribution in [0, 0.1) is 26.0 Å². The smallest absolute Gasteiger partial charge is 0.338 e. The Hall–Kier alpha value is -4.17. The van der Waals surface area contributed by atoms with Gasteiger partial charge in [0.15, 0.2) is 0 Å². The summed E-state index contributed by atoms with van der Waals surface area (Å²) in [6, 6.07) is 8.96. The van der Waals surface area contributed by atoms with Crippen LogP contribution in [0.4, 0.5) is 15.8 Å². The van der Waals surface area contributed by atoms with Gasteiger partial charge in [0, 0.05) is 32.8 Å². The van der Waals surface area contributed by atoms with Gasteiger partial charge in [0.1, 0.15) is 11.4 Å². The Labute approximate surface area is 267 Å². The van der Waals surface area contributed by atoms with Gasteiger partial charge in [-0.15, -0.1) is 0 Å². The Balaban J connectivity index is 0.00000461. The molecule has 0 aliphatic carbocycles. The molecule has 2 N–H and O–H groups in total. The summed E-state index contributed by atoms with van der Waals surface area (Å²) >= 11 is 12.3. The average Bonchev–Trinajstić information content (AvgIpc) is 3.43. The van der Waals surface area contributed by atoms with Crippen LogP contribution in [0.3, 0.4) is 0 Å². The van der Waals surface area contributed by atoms with E-state index in [0.29, 0.717) is 5.56 Å². The van der Waals surface area contributed by atoms with Crippen molar-refractivity contribution in [2.45, 2.75) is 50.4 Å². The maximum atomic E-state index is 15.8. The van der Waals surface area contributed by atoms with Crippen molar-refractivity contribution >= 4 is 46.5 Å². The Kier molecular flexibility index (Phi) is 9.50. The normalized spacial score (nSPS) is 22.8. The van der Waals surface area contributed by atoms with Gasteiger partial charge in [0.2, 0.25) is 6.04 Å². The molecular formula is C30H29Cl2FN4O8. The molecule has 1 saturated heterocycles. The van der Waals surface area contributed by atoms with E-state index in [1.54, 1.807) is 13.0 Å². The van der Waals surface area contributed by atoms with Gasteiger partial charge in [-0.1, -0.05) is 55.8 Å². The maximum absolute atomic E-state index is 15.8. The molecule has 3 aromatic carbocycles. The quantitative estimate of drug-likeness (QED) is 0.170. The lowest BCUT2D eigenvalue weighted by atomic mass is 9.73. The number of hydrogen-bond acceptors (Lipinski definition) is 9. The van der Waals surface area contributed by atoms with Crippen LogP contribution < -0.4 is 5.32 Å². The predicted molar refractivity (Wildman–Crippen MR) is 164 cm³/mol. The number of likely N-dealkylation sites (tertiary alicyclic amines) is 1. The van der Waals surface area contributed by atoms with Gasteiger partial charge in [-0.2, -0.15) is 0 Å². The summed E-state index contributed by atoms with van der Waals surface area (Å²) in [4.78, 5) is 51.1. The van der Waals surface area contributed by atoms with Crippen LogP contribution in [0.2, 0.25) is 10.0 Å². The topological polar surface area (TPSA) is 165 Å². The average molecular weight is 663 g/mol. The zero-order valence-corrected chi connectivity index (χ0v) is 24.7. The van der Waals surface area contributed by atoms with E-state index in [0.717, 1.165) is 13.2 Å². The van der Waals surface area contributed by atoms with Crippen molar-refractivity contribution in [2.24, 2.45) is 0 Å². The summed E-state index contributed by atoms with van der Waals surface area (Å²) in [5, 5.41) is 39.0. The van der Waals surface area contributed by atoms with Crippen LogP contribution in [0.1, 0.15) is 59.8 Å². The molecule has 238 valence electrons. The molecule has 0 bridgehead atoms. The third kappa shape index (κ3) is 5.29. The van der Waals surface area contributed by atoms with Crippen molar-refractivity contribution in [3.63, 3.8) is 0 Å². The van der Waals surface area contributed by atoms with Crippen molar-refractivity contribution in [1.82, 2.24) is 4.90 Å². The summed E-state index contributed by atoms with van der Waals surface area (Å²) in [6.45, 7) is 1.68. The molecular weight excluding hydrogens is 634 g/mol. The second-order valence-electron chi connectivity index (χ2n) is 10.4. The number of nitro groups is 2. The lowest BCUT2D eigenvalue weighted by molar-refractivity contribution is -0.528. The number of likely N-dealkylation sites (N-methyl/N-ethyl adjacent to an activating group) is 1. The van der Waals surface area contributed by atoms with Crippen molar-refractivity contribution < 1.29 is 33.7 Å². The first kappa shape index (κ1) is 33.7. The molecule has 1 unspecified atom stereocenters. The van der Waals surface area contributed by atoms with Crippen LogP contribution in [0.15, 0.2) is 54.6 Å². The van der Waals surface area contributed by atoms with Crippen LogP contribution >= 0.6 is 23.2 Å². The van der Waals surface area contributed by atoms with Crippen LogP contribution in [0.5, 0.6) is 0 Å². The number of carbonyl (C=O) groups is 2. The Morgan fingerprint density at radius 2 is 1.89 bits per heavy atom. The number of aliphatic hydroxyl groups is 1. The van der Waals surface area contributed by atoms with E-state index in [4.69, 9.17) is 23.2 Å². The van der Waals surface area contributed by atoms with Crippen LogP contribution in [-0.4, -0.2) is 57.5 Å². The van der Waals surface area contributed by atoms with E-state index in [2.05, 4.69) is 10.1 Å². The number of aliphatic hydroxyl groups excluding tert-OH is 1. The fourth-order valence-corrected chi connectivity index (χ4v) is 7.10. The number of hydrogen-bond donors (Lipinski definition) is 2. The van der Waals surface area contributed by atoms with E-state index in [1.807, 2.05) is 0 Å². The number of methoxy groups -OCH3 is 1. The van der Waals surface area contributed by atoms with Crippen molar-refractivity contribution in [1.29, 1.82) is 0 Å². The number of benzene rings is 3. The van der Waals surface area contributed by atoms with Gasteiger partial charge in [-0.3, -0.25) is 29.9 Å². The number of halogens is 3. The number of nitrogens with zero attached hydrogens (tertiary/aromatic N) is 3. The maximum Gasteiger partial charge on any atom is 0.338 e. The largest absolute Gasteiger partial charge is 0.465 e. The summed E-state index contributed by atoms with van der Waals surface area (Å²) in [5.74, 6) is -3.90. The molecule has 2 aliphatic rings. The molecule has 5 atom stereocenters. The van der Waals surface area contributed by atoms with E-state index in [9.17, 15) is 34.9 Å². The number of nitro benzene ring substituents is 1. The molecule has 2 aliphatic heterocycles. The third-order valence-corrected chi connectivity index (χ3v) is 8.93. The molecule has 0 aromatic heterocycles. The number of ether oxygens (including phenoxy) is 1. The Morgan fingerprint density at radius 1 is 1.18 bits per heavy atom. The third-order valence-electron chi connectivity index (χ3n) is 8.40. The van der Waals surface area contributed by atoms with Gasteiger partial charge in [-0.05, 0) is 43.3 Å². The standard InChI is InChI=1S/C29H25Cl2FN4O8.CH4/c1-3-34-22(13-23(37)16-9-7-14(27(38)44-2)11-21(16)35(40)41)26(36(42)43)24(17-5-4-6-19(31)25(17)32)29(34)18-10-8-15(30)12-20(18)33-28(29)39;/h4-12,22-24,26,37H,3,13H2,1-2H3,(H,33,39);1H4/t22-,23?,24-,26+,29+;/m0./s1. The molecule has 15 heteroatoms. The zero-order chi connectivity index (χ0) is 32.1. The molecule has 0 saturated carbocycles. The molecule has 12 nitrogen and oxygen atoms in total. The van der Waals surface area contributed by atoms with Crippen LogP contribution in [-0.2, 0) is 15.1 Å². The lowest BCUT2D eigenvalue weighted by Gasteiger charge is -2.38. The number of amides is 1. The highest BCUT2D eigenvalue weighted by atomic mass is 35.5. The van der Waals surface area contributed by atoms with Gasteiger partial charge in [0.05, 0.1) is 46.2 Å². The van der Waals surface area contributed by atoms with E-state index < -0.39 is 69.3 Å². The first-order valence-electron chi connectivity index (χ1n) is 13.4. The molecule has 3 aromatic rings. The second-order valence-corrected chi connectivity index (χ2v) is 11.3. The number of rotatable bonds is 8. The summed E-state index contributed by atoms with van der Waals surface area (Å²) < 4.78 is 20.4. The summed E-state index contributed by atoms with van der Waals surface area (Å²) in [5.41, 5.74) is -2.38. The van der Waals surface area contributed by atoms with E-state index in [-0.39, 0.29) is 46.4 Å². The highest BCUT2D eigenvalue weighted by Crippen LogP contribution is 2.59. The van der Waals surface area contributed by atoms with Crippen molar-refractivity contribution in [3.05, 3.63) is 113 Å². The second kappa shape index (κ2) is 12.7. The molecule has 1 amide bonds. The van der Waals surface area contributed by atoms with E-state index in [1.165, 1.54) is 47.4 Å². The molecule has 45 heavy (non-hydrogen) atoms. The first-order valence-corrected chi connectivity index (χ1v) is 14.1. The molecule has 0 radical (unpaired) electrons. The Bertz CT molecular complexity index is 1710. The summed E-state index contributed by atoms with van der Waals surface area (Å²) in [6.07, 6.45) is -2.13. The molecule has 5 rings (SSSR count). The highest BCUT2D eigenvalue weighted by molar-refractivity contribution is 6.31. The first-order chi connectivity index (χ1) is 20.9. The zero-order valence-electron chi connectivity index (χ0n) is 23.2.